The van der Waals surface area contributed by atoms with Gasteiger partial charge in [-0.05, 0) is 86.9 Å². The fourth-order valence-electron chi connectivity index (χ4n) is 8.57. The summed E-state index contributed by atoms with van der Waals surface area (Å²) in [6.07, 6.45) is 4.33. The third-order valence-corrected chi connectivity index (χ3v) is 11.9. The summed E-state index contributed by atoms with van der Waals surface area (Å²) >= 11 is 0. The molecule has 0 bridgehead atoms. The zero-order valence-corrected chi connectivity index (χ0v) is 30.9. The highest BCUT2D eigenvalue weighted by Crippen LogP contribution is 2.36. The molecule has 15 heteroatoms. The van der Waals surface area contributed by atoms with E-state index in [-0.39, 0.29) is 17.5 Å². The lowest BCUT2D eigenvalue weighted by Crippen LogP contribution is -2.54. The van der Waals surface area contributed by atoms with E-state index in [9.17, 15) is 22.8 Å². The van der Waals surface area contributed by atoms with Gasteiger partial charge in [0.15, 0.2) is 0 Å². The lowest BCUT2D eigenvalue weighted by molar-refractivity contribution is -0.137. The minimum atomic E-state index is -4.61. The minimum absolute atomic E-state index is 0.0738. The van der Waals surface area contributed by atoms with Gasteiger partial charge >= 0.3 is 12.1 Å². The normalized spacial score (nSPS) is 20.0. The third-order valence-electron chi connectivity index (χ3n) is 11.9. The Labute approximate surface area is 319 Å². The van der Waals surface area contributed by atoms with Crippen LogP contribution in [0, 0.1) is 23.2 Å². The second-order valence-corrected chi connectivity index (χ2v) is 15.2. The monoisotopic (exact) mass is 759 g/mol. The first kappa shape index (κ1) is 38.3. The van der Waals surface area contributed by atoms with Crippen LogP contribution in [0.4, 0.5) is 36.1 Å². The number of carboxylic acid groups (broad SMARTS) is 1. The Morgan fingerprint density at radius 2 is 1.35 bits per heavy atom. The van der Waals surface area contributed by atoms with Gasteiger partial charge < -0.3 is 30.0 Å². The predicted molar refractivity (Wildman–Crippen MR) is 203 cm³/mol. The molecule has 0 saturated carbocycles. The maximum atomic E-state index is 13.5. The maximum absolute atomic E-state index is 13.5. The molecule has 7 rings (SSSR count). The molecule has 4 aliphatic heterocycles. The summed E-state index contributed by atoms with van der Waals surface area (Å²) in [5, 5.41) is 21.1. The molecule has 2 N–H and O–H groups in total. The van der Waals surface area contributed by atoms with E-state index in [1.165, 1.54) is 12.1 Å². The van der Waals surface area contributed by atoms with Gasteiger partial charge in [0.05, 0.1) is 41.0 Å². The summed E-state index contributed by atoms with van der Waals surface area (Å²) < 4.78 is 40.4. The molecule has 1 amide bonds. The Balaban J connectivity index is 0.794. The Kier molecular flexibility index (Phi) is 11.7. The molecule has 12 nitrogen and oxygen atoms in total. The molecule has 0 radical (unpaired) electrons. The second-order valence-electron chi connectivity index (χ2n) is 15.2. The number of pyridine rings is 2. The van der Waals surface area contributed by atoms with Gasteiger partial charge in [0.25, 0.3) is 0 Å². The zero-order valence-electron chi connectivity index (χ0n) is 30.9. The topological polar surface area (TPSA) is 132 Å². The van der Waals surface area contributed by atoms with Crippen LogP contribution in [-0.4, -0.2) is 115 Å². The molecule has 0 spiro atoms. The van der Waals surface area contributed by atoms with Crippen LogP contribution in [0.1, 0.15) is 60.1 Å². The van der Waals surface area contributed by atoms with Gasteiger partial charge in [-0.1, -0.05) is 0 Å². The number of rotatable bonds is 9. The molecular weight excluding hydrogens is 711 g/mol. The average Bonchev–Trinajstić information content (AvgIpc) is 3.21. The van der Waals surface area contributed by atoms with E-state index >= 15 is 0 Å². The highest BCUT2D eigenvalue weighted by molar-refractivity contribution is 5.92. The van der Waals surface area contributed by atoms with Gasteiger partial charge in [-0.25, -0.2) is 14.8 Å². The highest BCUT2D eigenvalue weighted by Gasteiger charge is 2.35. The van der Waals surface area contributed by atoms with Crippen molar-refractivity contribution in [2.75, 3.05) is 92.0 Å². The number of aromatic nitrogens is 2. The number of hydrogen-bond donors (Lipinski definition) is 2. The molecule has 55 heavy (non-hydrogen) atoms. The van der Waals surface area contributed by atoms with Crippen LogP contribution in [0.15, 0.2) is 54.9 Å². The minimum Gasteiger partial charge on any atom is -0.477 e. The van der Waals surface area contributed by atoms with Crippen molar-refractivity contribution in [2.45, 2.75) is 50.7 Å². The summed E-state index contributed by atoms with van der Waals surface area (Å²) in [4.78, 5) is 44.6. The molecule has 3 aromatic rings. The predicted octanol–water partition coefficient (Wildman–Crippen LogP) is 5.42. The third kappa shape index (κ3) is 9.30. The Morgan fingerprint density at radius 3 is 1.91 bits per heavy atom. The number of anilines is 4. The van der Waals surface area contributed by atoms with Crippen molar-refractivity contribution in [2.24, 2.45) is 11.8 Å². The first-order valence-corrected chi connectivity index (χ1v) is 19.3. The highest BCUT2D eigenvalue weighted by atomic mass is 19.4. The largest absolute Gasteiger partial charge is 0.477 e. The van der Waals surface area contributed by atoms with E-state index in [1.54, 1.807) is 18.3 Å². The number of carboxylic acids is 1. The number of benzene rings is 1. The van der Waals surface area contributed by atoms with Crippen molar-refractivity contribution >= 4 is 34.8 Å². The number of amides is 1. The standard InChI is InChI=1S/C40H48F3N9O3/c41-40(42,43)35-23-32(2-1-30(35)24-44)49-15-9-29(10-16-49)38(53)47-37-6-4-34(26-46-37)50-13-7-28(8-14-50)27-48-19-21-52(22-20-48)31-11-17-51(18-12-31)33-3-5-36(39(54)55)45-25-33/h1-6,23,25-26,28-29,31H,7-22,27H2,(H,54,55)(H,46,47,53). The molecular formula is C40H48F3N9O3. The van der Waals surface area contributed by atoms with Crippen LogP contribution >= 0.6 is 0 Å². The molecule has 0 unspecified atom stereocenters. The number of carbonyl (C=O) groups excluding carboxylic acids is 1. The lowest BCUT2D eigenvalue weighted by atomic mass is 9.95. The molecule has 0 atom stereocenters. The van der Waals surface area contributed by atoms with Crippen molar-refractivity contribution in [1.29, 1.82) is 5.26 Å². The van der Waals surface area contributed by atoms with Crippen LogP contribution in [0.25, 0.3) is 0 Å². The van der Waals surface area contributed by atoms with Crippen molar-refractivity contribution in [3.8, 4) is 6.07 Å². The van der Waals surface area contributed by atoms with E-state index in [4.69, 9.17) is 10.4 Å². The number of carbonyl (C=O) groups is 2. The van der Waals surface area contributed by atoms with E-state index in [2.05, 4.69) is 34.9 Å². The van der Waals surface area contributed by atoms with Crippen LogP contribution in [-0.2, 0) is 11.0 Å². The molecule has 2 aromatic heterocycles. The lowest BCUT2D eigenvalue weighted by Gasteiger charge is -2.44. The number of nitrogens with zero attached hydrogens (tertiary/aromatic N) is 8. The smallest absolute Gasteiger partial charge is 0.417 e. The number of alkyl halides is 3. The van der Waals surface area contributed by atoms with Crippen LogP contribution in [0.2, 0.25) is 0 Å². The molecule has 4 fully saturated rings. The first-order chi connectivity index (χ1) is 26.5. The SMILES string of the molecule is N#Cc1ccc(N2CCC(C(=O)Nc3ccc(N4CCC(CN5CCN(C6CCN(c7ccc(C(=O)O)nc7)CC6)CC5)CC4)cn3)CC2)cc1C(F)(F)F. The van der Waals surface area contributed by atoms with Crippen molar-refractivity contribution in [1.82, 2.24) is 19.8 Å². The summed E-state index contributed by atoms with van der Waals surface area (Å²) in [5.74, 6) is -0.260. The van der Waals surface area contributed by atoms with Gasteiger partial charge in [0.1, 0.15) is 11.5 Å². The van der Waals surface area contributed by atoms with E-state index in [0.29, 0.717) is 49.4 Å². The number of nitriles is 1. The molecule has 4 saturated heterocycles. The quantitative estimate of drug-likeness (QED) is 0.290. The number of aromatic carboxylic acids is 1. The summed E-state index contributed by atoms with van der Waals surface area (Å²) in [6, 6.07) is 13.2. The number of piperidine rings is 3. The molecule has 6 heterocycles. The van der Waals surface area contributed by atoms with Crippen molar-refractivity contribution in [3.63, 3.8) is 0 Å². The van der Waals surface area contributed by atoms with Crippen molar-refractivity contribution in [3.05, 3.63) is 71.7 Å². The fourth-order valence-corrected chi connectivity index (χ4v) is 8.57. The van der Waals surface area contributed by atoms with Gasteiger partial charge in [-0.3, -0.25) is 9.69 Å². The number of piperazine rings is 1. The van der Waals surface area contributed by atoms with Gasteiger partial charge in [-0.2, -0.15) is 18.4 Å². The van der Waals surface area contributed by atoms with Gasteiger partial charge in [0.2, 0.25) is 5.91 Å². The molecule has 0 aliphatic carbocycles. The maximum Gasteiger partial charge on any atom is 0.417 e. The zero-order chi connectivity index (χ0) is 38.5. The number of nitrogens with one attached hydrogen (secondary N) is 1. The van der Waals surface area contributed by atoms with Crippen LogP contribution < -0.4 is 20.0 Å². The Hall–Kier alpha value is -4.94. The second kappa shape index (κ2) is 16.8. The molecule has 4 aliphatic rings. The summed E-state index contributed by atoms with van der Waals surface area (Å²) in [5.41, 5.74) is 1.17. The van der Waals surface area contributed by atoms with Crippen molar-refractivity contribution < 1.29 is 27.9 Å². The number of hydrogen-bond acceptors (Lipinski definition) is 10. The number of halogens is 3. The molecule has 292 valence electrons. The first-order valence-electron chi connectivity index (χ1n) is 19.3. The molecule has 1 aromatic carbocycles. The van der Waals surface area contributed by atoms with Crippen LogP contribution in [0.3, 0.4) is 0 Å². The van der Waals surface area contributed by atoms with E-state index in [0.717, 1.165) is 102 Å². The van der Waals surface area contributed by atoms with Gasteiger partial charge in [-0.15, -0.1) is 0 Å². The van der Waals surface area contributed by atoms with E-state index in [1.807, 2.05) is 29.3 Å². The Bertz CT molecular complexity index is 1820. The fraction of sp³-hybridized carbons (Fsp3) is 0.525. The Morgan fingerprint density at radius 1 is 0.764 bits per heavy atom. The summed E-state index contributed by atoms with van der Waals surface area (Å²) in [6.45, 7) is 10.2. The average molecular weight is 760 g/mol. The van der Waals surface area contributed by atoms with Crippen LogP contribution in [0.5, 0.6) is 0 Å². The summed E-state index contributed by atoms with van der Waals surface area (Å²) in [7, 11) is 0. The van der Waals surface area contributed by atoms with Gasteiger partial charge in [0, 0.05) is 89.6 Å². The van der Waals surface area contributed by atoms with E-state index < -0.39 is 23.3 Å².